The third kappa shape index (κ3) is 2.18. The van der Waals surface area contributed by atoms with Crippen LogP contribution in [0.25, 0.3) is 11.1 Å². The smallest absolute Gasteiger partial charge is 0.122 e. The van der Waals surface area contributed by atoms with Gasteiger partial charge in [-0.05, 0) is 33.9 Å². The summed E-state index contributed by atoms with van der Waals surface area (Å²) in [6.45, 7) is 2.19. The summed E-state index contributed by atoms with van der Waals surface area (Å²) in [5.41, 5.74) is 15.1. The summed E-state index contributed by atoms with van der Waals surface area (Å²) in [5, 5.41) is 0. The Labute approximate surface area is 142 Å². The average Bonchev–Trinajstić information content (AvgIpc) is 3.01. The molecule has 120 valence electrons. The number of hydrogen-bond donors (Lipinski definition) is 1. The number of hydrogen-bond acceptors (Lipinski definition) is 2. The van der Waals surface area contributed by atoms with Gasteiger partial charge in [0.25, 0.3) is 0 Å². The molecular weight excluding hydrogens is 294 g/mol. The minimum absolute atomic E-state index is 0.190. The van der Waals surface area contributed by atoms with Crippen LogP contribution in [0.2, 0.25) is 0 Å². The lowest BCUT2D eigenvalue weighted by Gasteiger charge is -2.19. The van der Waals surface area contributed by atoms with Gasteiger partial charge in [0.15, 0.2) is 0 Å². The first-order chi connectivity index (χ1) is 11.7. The monoisotopic (exact) mass is 315 g/mol. The Morgan fingerprint density at radius 2 is 1.62 bits per heavy atom. The minimum Gasteiger partial charge on any atom is -0.496 e. The Kier molecular flexibility index (Phi) is 3.53. The Hall–Kier alpha value is -2.74. The number of anilines is 1. The Balaban J connectivity index is 1.80. The first-order valence-electron chi connectivity index (χ1n) is 8.33. The first-order valence-corrected chi connectivity index (χ1v) is 8.33. The third-order valence-corrected chi connectivity index (χ3v) is 5.14. The van der Waals surface area contributed by atoms with Crippen LogP contribution in [-0.2, 0) is 6.42 Å². The van der Waals surface area contributed by atoms with Crippen LogP contribution in [0.15, 0.2) is 60.7 Å². The number of ether oxygens (including phenoxy) is 1. The van der Waals surface area contributed by atoms with Crippen LogP contribution in [0.4, 0.5) is 5.69 Å². The fraction of sp³-hybridized carbons (Fsp3) is 0.182. The van der Waals surface area contributed by atoms with Crippen molar-refractivity contribution in [1.29, 1.82) is 0 Å². The SMILES string of the molecule is COc1ccccc1[C@H](C)c1ccc2c(c1N)Cc1ccccc1-2. The zero-order valence-electron chi connectivity index (χ0n) is 14.0. The maximum atomic E-state index is 6.60. The van der Waals surface area contributed by atoms with Gasteiger partial charge in [-0.15, -0.1) is 0 Å². The predicted molar refractivity (Wildman–Crippen MR) is 99.6 cm³/mol. The van der Waals surface area contributed by atoms with Gasteiger partial charge in [-0.1, -0.05) is 61.5 Å². The highest BCUT2D eigenvalue weighted by atomic mass is 16.5. The standard InChI is InChI=1S/C22H21NO/c1-14(16-8-5-6-10-21(16)24-2)17-11-12-19-18-9-4-3-7-15(18)13-20(19)22(17)23/h3-12,14H,13,23H2,1-2H3/t14-/m0/s1. The van der Waals surface area contributed by atoms with Gasteiger partial charge in [0, 0.05) is 23.6 Å². The molecule has 2 nitrogen and oxygen atoms in total. The molecule has 1 aliphatic rings. The molecule has 0 aromatic heterocycles. The third-order valence-electron chi connectivity index (χ3n) is 5.14. The molecule has 2 heteroatoms. The molecule has 0 heterocycles. The van der Waals surface area contributed by atoms with E-state index in [4.69, 9.17) is 10.5 Å². The topological polar surface area (TPSA) is 35.2 Å². The molecular formula is C22H21NO. The molecule has 1 aliphatic carbocycles. The quantitative estimate of drug-likeness (QED) is 0.540. The maximum Gasteiger partial charge on any atom is 0.122 e. The fourth-order valence-electron chi connectivity index (χ4n) is 3.82. The number of nitrogen functional groups attached to an aromatic ring is 1. The molecule has 0 spiro atoms. The summed E-state index contributed by atoms with van der Waals surface area (Å²) < 4.78 is 5.53. The highest BCUT2D eigenvalue weighted by Gasteiger charge is 2.24. The second-order valence-corrected chi connectivity index (χ2v) is 6.39. The molecule has 3 aromatic carbocycles. The minimum atomic E-state index is 0.190. The Morgan fingerprint density at radius 1 is 0.875 bits per heavy atom. The second kappa shape index (κ2) is 5.72. The van der Waals surface area contributed by atoms with E-state index in [0.29, 0.717) is 0 Å². The van der Waals surface area contributed by atoms with Crippen LogP contribution in [0.3, 0.4) is 0 Å². The van der Waals surface area contributed by atoms with E-state index in [1.165, 1.54) is 33.4 Å². The lowest BCUT2D eigenvalue weighted by molar-refractivity contribution is 0.408. The summed E-state index contributed by atoms with van der Waals surface area (Å²) in [4.78, 5) is 0. The molecule has 2 N–H and O–H groups in total. The summed E-state index contributed by atoms with van der Waals surface area (Å²) >= 11 is 0. The van der Waals surface area contributed by atoms with Gasteiger partial charge in [0.1, 0.15) is 5.75 Å². The van der Waals surface area contributed by atoms with E-state index in [-0.39, 0.29) is 5.92 Å². The van der Waals surface area contributed by atoms with Crippen LogP contribution in [0, 0.1) is 0 Å². The fourth-order valence-corrected chi connectivity index (χ4v) is 3.82. The van der Waals surface area contributed by atoms with Gasteiger partial charge in [-0.3, -0.25) is 0 Å². The molecule has 0 saturated carbocycles. The molecule has 0 aliphatic heterocycles. The van der Waals surface area contributed by atoms with Crippen molar-refractivity contribution in [2.45, 2.75) is 19.3 Å². The van der Waals surface area contributed by atoms with E-state index in [1.807, 2.05) is 18.2 Å². The summed E-state index contributed by atoms with van der Waals surface area (Å²) in [6.07, 6.45) is 0.920. The summed E-state index contributed by atoms with van der Waals surface area (Å²) in [6, 6.07) is 21.1. The number of benzene rings is 3. The van der Waals surface area contributed by atoms with E-state index >= 15 is 0 Å². The van der Waals surface area contributed by atoms with E-state index in [0.717, 1.165) is 17.9 Å². The van der Waals surface area contributed by atoms with Crippen LogP contribution in [-0.4, -0.2) is 7.11 Å². The van der Waals surface area contributed by atoms with Crippen molar-refractivity contribution < 1.29 is 4.74 Å². The Morgan fingerprint density at radius 3 is 2.46 bits per heavy atom. The molecule has 0 radical (unpaired) electrons. The van der Waals surface area contributed by atoms with Gasteiger partial charge >= 0.3 is 0 Å². The summed E-state index contributed by atoms with van der Waals surface area (Å²) in [7, 11) is 1.72. The van der Waals surface area contributed by atoms with E-state index in [2.05, 4.69) is 49.4 Å². The van der Waals surface area contributed by atoms with Crippen molar-refractivity contribution in [1.82, 2.24) is 0 Å². The lowest BCUT2D eigenvalue weighted by Crippen LogP contribution is -2.05. The van der Waals surface area contributed by atoms with Gasteiger partial charge in [0.2, 0.25) is 0 Å². The number of para-hydroxylation sites is 1. The van der Waals surface area contributed by atoms with Crippen LogP contribution in [0.5, 0.6) is 5.75 Å². The lowest BCUT2D eigenvalue weighted by atomic mass is 9.88. The molecule has 0 fully saturated rings. The van der Waals surface area contributed by atoms with E-state index in [1.54, 1.807) is 7.11 Å². The number of methoxy groups -OCH3 is 1. The summed E-state index contributed by atoms with van der Waals surface area (Å²) in [5.74, 6) is 1.10. The number of nitrogens with two attached hydrogens (primary N) is 1. The zero-order valence-corrected chi connectivity index (χ0v) is 14.0. The normalized spacial score (nSPS) is 13.2. The van der Waals surface area contributed by atoms with Gasteiger partial charge < -0.3 is 10.5 Å². The van der Waals surface area contributed by atoms with Crippen molar-refractivity contribution >= 4 is 5.69 Å². The number of rotatable bonds is 3. The zero-order chi connectivity index (χ0) is 16.7. The van der Waals surface area contributed by atoms with Crippen molar-refractivity contribution in [2.24, 2.45) is 0 Å². The highest BCUT2D eigenvalue weighted by Crippen LogP contribution is 2.43. The Bertz CT molecular complexity index is 914. The first kappa shape index (κ1) is 14.8. The number of fused-ring (bicyclic) bond motifs is 3. The molecule has 4 rings (SSSR count). The molecule has 0 bridgehead atoms. The maximum absolute atomic E-state index is 6.60. The second-order valence-electron chi connectivity index (χ2n) is 6.39. The molecule has 24 heavy (non-hydrogen) atoms. The average molecular weight is 315 g/mol. The van der Waals surface area contributed by atoms with Gasteiger partial charge in [-0.25, -0.2) is 0 Å². The largest absolute Gasteiger partial charge is 0.496 e. The van der Waals surface area contributed by atoms with Crippen molar-refractivity contribution in [3.8, 4) is 16.9 Å². The van der Waals surface area contributed by atoms with Crippen LogP contribution < -0.4 is 10.5 Å². The van der Waals surface area contributed by atoms with Crippen molar-refractivity contribution in [3.05, 3.63) is 82.9 Å². The van der Waals surface area contributed by atoms with Crippen LogP contribution >= 0.6 is 0 Å². The van der Waals surface area contributed by atoms with Crippen molar-refractivity contribution in [3.63, 3.8) is 0 Å². The van der Waals surface area contributed by atoms with Crippen molar-refractivity contribution in [2.75, 3.05) is 12.8 Å². The predicted octanol–water partition coefficient (Wildman–Crippen LogP) is 5.00. The molecule has 1 atom stereocenters. The molecule has 0 amide bonds. The highest BCUT2D eigenvalue weighted by molar-refractivity contribution is 5.83. The molecule has 3 aromatic rings. The van der Waals surface area contributed by atoms with Gasteiger partial charge in [-0.2, -0.15) is 0 Å². The molecule has 0 saturated heterocycles. The van der Waals surface area contributed by atoms with Gasteiger partial charge in [0.05, 0.1) is 7.11 Å². The molecule has 0 unspecified atom stereocenters. The van der Waals surface area contributed by atoms with E-state index < -0.39 is 0 Å². The van der Waals surface area contributed by atoms with E-state index in [9.17, 15) is 0 Å². The van der Waals surface area contributed by atoms with Crippen LogP contribution in [0.1, 0.15) is 35.1 Å².